The maximum absolute atomic E-state index is 12.3. The molecule has 1 aromatic carbocycles. The maximum Gasteiger partial charge on any atom is 0.412 e. The van der Waals surface area contributed by atoms with Crippen molar-refractivity contribution in [1.29, 1.82) is 0 Å². The van der Waals surface area contributed by atoms with Crippen LogP contribution >= 0.6 is 0 Å². The summed E-state index contributed by atoms with van der Waals surface area (Å²) in [7, 11) is 0. The highest BCUT2D eigenvalue weighted by atomic mass is 16.6. The molecule has 0 aliphatic heterocycles. The molecule has 9 nitrogen and oxygen atoms in total. The van der Waals surface area contributed by atoms with Crippen molar-refractivity contribution >= 4 is 17.7 Å². The molecule has 0 aliphatic rings. The quantitative estimate of drug-likeness (QED) is 0.601. The number of ether oxygens (including phenoxy) is 2. The largest absolute Gasteiger partial charge is 0.466 e. The number of anilines is 1. The number of furan rings is 1. The zero-order chi connectivity index (χ0) is 21.9. The third-order valence-corrected chi connectivity index (χ3v) is 3.81. The second kappa shape index (κ2) is 8.40. The van der Waals surface area contributed by atoms with Gasteiger partial charge in [0.1, 0.15) is 17.1 Å². The molecule has 3 rings (SSSR count). The number of hydrogen-bond acceptors (Lipinski definition) is 8. The van der Waals surface area contributed by atoms with Gasteiger partial charge in [0.15, 0.2) is 6.61 Å². The minimum absolute atomic E-state index is 0.152. The van der Waals surface area contributed by atoms with Crippen molar-refractivity contribution in [2.75, 3.05) is 5.32 Å². The van der Waals surface area contributed by atoms with Crippen LogP contribution in [0.3, 0.4) is 0 Å². The van der Waals surface area contributed by atoms with Gasteiger partial charge in [-0.05, 0) is 58.9 Å². The van der Waals surface area contributed by atoms with Crippen molar-refractivity contribution in [3.05, 3.63) is 53.3 Å². The lowest BCUT2D eigenvalue weighted by atomic mass is 10.2. The molecule has 1 amide bonds. The molecule has 1 N–H and O–H groups in total. The van der Waals surface area contributed by atoms with Crippen molar-refractivity contribution in [2.24, 2.45) is 0 Å². The first-order valence-corrected chi connectivity index (χ1v) is 9.28. The molecule has 3 aromatic rings. The molecule has 158 valence electrons. The van der Waals surface area contributed by atoms with Gasteiger partial charge in [-0.2, -0.15) is 0 Å². The zero-order valence-electron chi connectivity index (χ0n) is 17.4. The number of nitrogens with one attached hydrogen (secondary N) is 1. The number of rotatable bonds is 5. The molecule has 0 spiro atoms. The smallest absolute Gasteiger partial charge is 0.412 e. The number of hydrogen-bond donors (Lipinski definition) is 1. The third kappa shape index (κ3) is 5.47. The summed E-state index contributed by atoms with van der Waals surface area (Å²) in [5.41, 5.74) is 0.727. The fourth-order valence-corrected chi connectivity index (χ4v) is 2.62. The summed E-state index contributed by atoms with van der Waals surface area (Å²) < 4.78 is 21.4. The van der Waals surface area contributed by atoms with Crippen LogP contribution in [-0.4, -0.2) is 27.9 Å². The second-order valence-electron chi connectivity index (χ2n) is 7.61. The topological polar surface area (TPSA) is 117 Å². The van der Waals surface area contributed by atoms with E-state index in [2.05, 4.69) is 15.5 Å². The van der Waals surface area contributed by atoms with Crippen LogP contribution in [0.4, 0.5) is 10.5 Å². The van der Waals surface area contributed by atoms with Crippen LogP contribution in [0.2, 0.25) is 0 Å². The van der Waals surface area contributed by atoms with Gasteiger partial charge in [-0.1, -0.05) is 6.07 Å². The van der Waals surface area contributed by atoms with Crippen molar-refractivity contribution in [1.82, 2.24) is 10.2 Å². The Morgan fingerprint density at radius 1 is 1.10 bits per heavy atom. The molecular formula is C21H23N3O6. The minimum Gasteiger partial charge on any atom is -0.466 e. The minimum atomic E-state index is -0.628. The van der Waals surface area contributed by atoms with Crippen LogP contribution in [0.1, 0.15) is 48.5 Å². The summed E-state index contributed by atoms with van der Waals surface area (Å²) in [5, 5.41) is 10.4. The van der Waals surface area contributed by atoms with Gasteiger partial charge >= 0.3 is 12.1 Å². The van der Waals surface area contributed by atoms with E-state index in [1.54, 1.807) is 52.0 Å². The molecule has 2 heterocycles. The van der Waals surface area contributed by atoms with E-state index in [0.29, 0.717) is 22.9 Å². The lowest BCUT2D eigenvalue weighted by Gasteiger charge is -2.19. The molecule has 0 radical (unpaired) electrons. The fraction of sp³-hybridized carbons (Fsp3) is 0.333. The van der Waals surface area contributed by atoms with E-state index < -0.39 is 17.7 Å². The number of carbonyl (C=O) groups is 2. The highest BCUT2D eigenvalue weighted by Crippen LogP contribution is 2.25. The van der Waals surface area contributed by atoms with E-state index in [-0.39, 0.29) is 18.1 Å². The van der Waals surface area contributed by atoms with Gasteiger partial charge in [0.25, 0.3) is 11.8 Å². The summed E-state index contributed by atoms with van der Waals surface area (Å²) in [6.45, 7) is 8.71. The highest BCUT2D eigenvalue weighted by Gasteiger charge is 2.18. The lowest BCUT2D eigenvalue weighted by molar-refractivity contribution is 0.0438. The van der Waals surface area contributed by atoms with Crippen molar-refractivity contribution in [3.63, 3.8) is 0 Å². The zero-order valence-corrected chi connectivity index (χ0v) is 17.4. The number of aromatic nitrogens is 2. The van der Waals surface area contributed by atoms with E-state index in [9.17, 15) is 9.59 Å². The standard InChI is InChI=1S/C21H23N3O6/c1-12-9-16(13(2)28-12)18-24-23-17(29-18)11-27-19(25)14-7-6-8-15(10-14)22-20(26)30-21(3,4)5/h6-10H,11H2,1-5H3,(H,22,26). The van der Waals surface area contributed by atoms with Crippen molar-refractivity contribution in [3.8, 4) is 11.5 Å². The van der Waals surface area contributed by atoms with Gasteiger partial charge in [0.2, 0.25) is 0 Å². The Morgan fingerprint density at radius 3 is 2.53 bits per heavy atom. The SMILES string of the molecule is Cc1cc(-c2nnc(COC(=O)c3cccc(NC(=O)OC(C)(C)C)c3)o2)c(C)o1. The number of carbonyl (C=O) groups excluding carboxylic acids is 2. The summed E-state index contributed by atoms with van der Waals surface area (Å²) in [6, 6.07) is 8.11. The molecule has 0 saturated carbocycles. The predicted octanol–water partition coefficient (Wildman–Crippen LogP) is 4.65. The predicted molar refractivity (Wildman–Crippen MR) is 107 cm³/mol. The van der Waals surface area contributed by atoms with Crippen molar-refractivity contribution in [2.45, 2.75) is 46.8 Å². The first-order valence-electron chi connectivity index (χ1n) is 9.28. The van der Waals surface area contributed by atoms with Gasteiger partial charge in [0, 0.05) is 5.69 Å². The Balaban J connectivity index is 1.60. The highest BCUT2D eigenvalue weighted by molar-refractivity contribution is 5.92. The molecule has 9 heteroatoms. The molecule has 2 aromatic heterocycles. The van der Waals surface area contributed by atoms with Crippen LogP contribution in [-0.2, 0) is 16.1 Å². The average Bonchev–Trinajstić information content (AvgIpc) is 3.24. The molecule has 0 aliphatic carbocycles. The molecule has 0 bridgehead atoms. The Labute approximate surface area is 173 Å². The number of aryl methyl sites for hydroxylation is 2. The van der Waals surface area contributed by atoms with E-state index in [1.807, 2.05) is 6.92 Å². The Bertz CT molecular complexity index is 1060. The van der Waals surface area contributed by atoms with Crippen molar-refractivity contribution < 1.29 is 27.9 Å². The molecule has 0 atom stereocenters. The number of esters is 1. The Hall–Kier alpha value is -3.62. The Morgan fingerprint density at radius 2 is 1.87 bits per heavy atom. The summed E-state index contributed by atoms with van der Waals surface area (Å²) in [4.78, 5) is 24.2. The third-order valence-electron chi connectivity index (χ3n) is 3.81. The normalized spacial score (nSPS) is 11.2. The lowest BCUT2D eigenvalue weighted by Crippen LogP contribution is -2.27. The molecule has 0 fully saturated rings. The van der Waals surface area contributed by atoms with Crippen LogP contribution in [0.5, 0.6) is 0 Å². The van der Waals surface area contributed by atoms with Crippen LogP contribution < -0.4 is 5.32 Å². The monoisotopic (exact) mass is 413 g/mol. The van der Waals surface area contributed by atoms with E-state index in [0.717, 1.165) is 5.76 Å². The molecule has 0 unspecified atom stereocenters. The van der Waals surface area contributed by atoms with Gasteiger partial charge in [0.05, 0.1) is 11.1 Å². The summed E-state index contributed by atoms with van der Waals surface area (Å²) in [6.07, 6.45) is -0.615. The van der Waals surface area contributed by atoms with E-state index in [4.69, 9.17) is 18.3 Å². The van der Waals surface area contributed by atoms with Gasteiger partial charge in [-0.15, -0.1) is 10.2 Å². The number of benzene rings is 1. The number of amides is 1. The van der Waals surface area contributed by atoms with Crippen LogP contribution in [0.25, 0.3) is 11.5 Å². The van der Waals surface area contributed by atoms with E-state index in [1.165, 1.54) is 6.07 Å². The average molecular weight is 413 g/mol. The maximum atomic E-state index is 12.3. The summed E-state index contributed by atoms with van der Waals surface area (Å²) >= 11 is 0. The van der Waals surface area contributed by atoms with Crippen LogP contribution in [0, 0.1) is 13.8 Å². The van der Waals surface area contributed by atoms with Gasteiger partial charge in [-0.3, -0.25) is 5.32 Å². The first-order chi connectivity index (χ1) is 14.1. The van der Waals surface area contributed by atoms with Gasteiger partial charge < -0.3 is 18.3 Å². The van der Waals surface area contributed by atoms with E-state index >= 15 is 0 Å². The molecule has 30 heavy (non-hydrogen) atoms. The second-order valence-corrected chi connectivity index (χ2v) is 7.61. The summed E-state index contributed by atoms with van der Waals surface area (Å²) in [5.74, 6) is 1.24. The Kier molecular flexibility index (Phi) is 5.91. The number of nitrogens with zero attached hydrogens (tertiary/aromatic N) is 2. The molecule has 0 saturated heterocycles. The first kappa shape index (κ1) is 21.1. The van der Waals surface area contributed by atoms with Crippen LogP contribution in [0.15, 0.2) is 39.2 Å². The fourth-order valence-electron chi connectivity index (χ4n) is 2.62. The van der Waals surface area contributed by atoms with Gasteiger partial charge in [-0.25, -0.2) is 9.59 Å². The molecular weight excluding hydrogens is 390 g/mol.